The molecule has 1 aromatic rings. The van der Waals surface area contributed by atoms with Gasteiger partial charge in [-0.1, -0.05) is 39.5 Å². The fraction of sp³-hybridized carbons (Fsp3) is 0.471. The molecule has 3 nitrogen and oxygen atoms in total. The van der Waals surface area contributed by atoms with Gasteiger partial charge in [-0.25, -0.2) is 4.39 Å². The van der Waals surface area contributed by atoms with Gasteiger partial charge in [0, 0.05) is 12.1 Å². The summed E-state index contributed by atoms with van der Waals surface area (Å²) in [5, 5.41) is 2.79. The van der Waals surface area contributed by atoms with E-state index >= 15 is 0 Å². The molecule has 0 saturated carbocycles. The highest BCUT2D eigenvalue weighted by atomic mass is 19.1. The van der Waals surface area contributed by atoms with Gasteiger partial charge in [-0.2, -0.15) is 0 Å². The van der Waals surface area contributed by atoms with Crippen molar-refractivity contribution < 1.29 is 9.18 Å². The Morgan fingerprint density at radius 1 is 1.43 bits per heavy atom. The van der Waals surface area contributed by atoms with E-state index in [2.05, 4.69) is 44.9 Å². The summed E-state index contributed by atoms with van der Waals surface area (Å²) in [5.74, 6) is 4.92. The topological polar surface area (TPSA) is 55.1 Å². The van der Waals surface area contributed by atoms with E-state index in [0.29, 0.717) is 18.0 Å². The maximum Gasteiger partial charge on any atom is 0.254 e. The van der Waals surface area contributed by atoms with Gasteiger partial charge >= 0.3 is 0 Å². The van der Waals surface area contributed by atoms with Crippen molar-refractivity contribution >= 4 is 5.91 Å². The van der Waals surface area contributed by atoms with E-state index in [4.69, 9.17) is 5.73 Å². The van der Waals surface area contributed by atoms with Crippen molar-refractivity contribution in [1.29, 1.82) is 0 Å². The van der Waals surface area contributed by atoms with Crippen LogP contribution in [0.5, 0.6) is 0 Å². The summed E-state index contributed by atoms with van der Waals surface area (Å²) < 4.78 is 13.8. The molecule has 1 aromatic carbocycles. The number of halogens is 1. The Balaban J connectivity index is 2.87. The van der Waals surface area contributed by atoms with E-state index in [9.17, 15) is 9.18 Å². The molecule has 114 valence electrons. The molecule has 0 aliphatic rings. The van der Waals surface area contributed by atoms with E-state index in [1.807, 2.05) is 0 Å². The molecule has 0 spiro atoms. The Labute approximate surface area is 126 Å². The van der Waals surface area contributed by atoms with Gasteiger partial charge in [0.1, 0.15) is 5.82 Å². The summed E-state index contributed by atoms with van der Waals surface area (Å²) in [6.45, 7) is 9.03. The van der Waals surface area contributed by atoms with Crippen molar-refractivity contribution in [1.82, 2.24) is 5.32 Å². The van der Waals surface area contributed by atoms with Gasteiger partial charge in [-0.3, -0.25) is 4.79 Å². The zero-order valence-corrected chi connectivity index (χ0v) is 13.1. The SMILES string of the molecule is CC(C)C(C)(C)CNC(=O)c1cc(C#CCN)ccc1F. The fourth-order valence-corrected chi connectivity index (χ4v) is 1.54. The summed E-state index contributed by atoms with van der Waals surface area (Å²) in [4.78, 5) is 12.1. The third kappa shape index (κ3) is 4.87. The van der Waals surface area contributed by atoms with E-state index in [1.165, 1.54) is 18.2 Å². The predicted molar refractivity (Wildman–Crippen MR) is 83.3 cm³/mol. The third-order valence-corrected chi connectivity index (χ3v) is 3.81. The Kier molecular flexibility index (Phi) is 5.92. The lowest BCUT2D eigenvalue weighted by Crippen LogP contribution is -2.37. The molecule has 3 N–H and O–H groups in total. The lowest BCUT2D eigenvalue weighted by Gasteiger charge is -2.29. The molecule has 0 aliphatic carbocycles. The second kappa shape index (κ2) is 7.24. The number of hydrogen-bond donors (Lipinski definition) is 2. The molecule has 0 atom stereocenters. The highest BCUT2D eigenvalue weighted by Crippen LogP contribution is 2.24. The Bertz CT molecular complexity index is 568. The average molecular weight is 290 g/mol. The highest BCUT2D eigenvalue weighted by molar-refractivity contribution is 5.94. The summed E-state index contributed by atoms with van der Waals surface area (Å²) >= 11 is 0. The summed E-state index contributed by atoms with van der Waals surface area (Å²) in [6, 6.07) is 4.24. The second-order valence-electron chi connectivity index (χ2n) is 6.03. The zero-order valence-electron chi connectivity index (χ0n) is 13.1. The molecule has 0 fully saturated rings. The first kappa shape index (κ1) is 17.2. The minimum Gasteiger partial charge on any atom is -0.351 e. The quantitative estimate of drug-likeness (QED) is 0.837. The number of carbonyl (C=O) groups excluding carboxylic acids is 1. The molecule has 1 amide bonds. The van der Waals surface area contributed by atoms with Crippen LogP contribution in [0.1, 0.15) is 43.6 Å². The Morgan fingerprint density at radius 3 is 2.67 bits per heavy atom. The van der Waals surface area contributed by atoms with Crippen LogP contribution in [0, 0.1) is 29.0 Å². The largest absolute Gasteiger partial charge is 0.351 e. The van der Waals surface area contributed by atoms with Crippen LogP contribution in [-0.2, 0) is 0 Å². The average Bonchev–Trinajstić information content (AvgIpc) is 2.43. The number of benzene rings is 1. The van der Waals surface area contributed by atoms with Crippen molar-refractivity contribution in [3.8, 4) is 11.8 Å². The molecule has 0 bridgehead atoms. The monoisotopic (exact) mass is 290 g/mol. The lowest BCUT2D eigenvalue weighted by atomic mass is 9.81. The summed E-state index contributed by atoms with van der Waals surface area (Å²) in [5.41, 5.74) is 5.84. The van der Waals surface area contributed by atoms with Crippen molar-refractivity contribution in [2.75, 3.05) is 13.1 Å². The summed E-state index contributed by atoms with van der Waals surface area (Å²) in [7, 11) is 0. The molecular weight excluding hydrogens is 267 g/mol. The summed E-state index contributed by atoms with van der Waals surface area (Å²) in [6.07, 6.45) is 0. The number of carbonyl (C=O) groups is 1. The Hall–Kier alpha value is -1.86. The maximum atomic E-state index is 13.8. The molecule has 0 aromatic heterocycles. The van der Waals surface area contributed by atoms with Crippen LogP contribution in [0.2, 0.25) is 0 Å². The van der Waals surface area contributed by atoms with Crippen molar-refractivity contribution in [3.05, 3.63) is 35.1 Å². The van der Waals surface area contributed by atoms with Gasteiger partial charge in [0.2, 0.25) is 0 Å². The molecule has 4 heteroatoms. The normalized spacial score (nSPS) is 11.0. The molecule has 1 rings (SSSR count). The molecule has 21 heavy (non-hydrogen) atoms. The van der Waals surface area contributed by atoms with Crippen LogP contribution < -0.4 is 11.1 Å². The molecule has 0 aliphatic heterocycles. The molecule has 0 saturated heterocycles. The molecule has 0 unspecified atom stereocenters. The van der Waals surface area contributed by atoms with Crippen molar-refractivity contribution in [2.45, 2.75) is 27.7 Å². The zero-order chi connectivity index (χ0) is 16.0. The van der Waals surface area contributed by atoms with Gasteiger partial charge in [-0.15, -0.1) is 0 Å². The Morgan fingerprint density at radius 2 is 2.10 bits per heavy atom. The lowest BCUT2D eigenvalue weighted by molar-refractivity contribution is 0.0920. The minimum absolute atomic E-state index is 0.0124. The number of hydrogen-bond acceptors (Lipinski definition) is 2. The number of amides is 1. The van der Waals surface area contributed by atoms with E-state index in [-0.39, 0.29) is 17.5 Å². The number of nitrogens with one attached hydrogen (secondary N) is 1. The van der Waals surface area contributed by atoms with E-state index in [1.54, 1.807) is 0 Å². The molecule has 0 radical (unpaired) electrons. The van der Waals surface area contributed by atoms with Crippen LogP contribution in [-0.4, -0.2) is 19.0 Å². The van der Waals surface area contributed by atoms with Crippen molar-refractivity contribution in [2.24, 2.45) is 17.1 Å². The highest BCUT2D eigenvalue weighted by Gasteiger charge is 2.23. The predicted octanol–water partition coefficient (Wildman–Crippen LogP) is 2.55. The van der Waals surface area contributed by atoms with Crippen LogP contribution in [0.3, 0.4) is 0 Å². The number of rotatable bonds is 4. The minimum atomic E-state index is -0.548. The first-order valence-electron chi connectivity index (χ1n) is 7.04. The second-order valence-corrected chi connectivity index (χ2v) is 6.03. The van der Waals surface area contributed by atoms with Gasteiger partial charge < -0.3 is 11.1 Å². The van der Waals surface area contributed by atoms with Gasteiger partial charge in [0.05, 0.1) is 12.1 Å². The van der Waals surface area contributed by atoms with Gasteiger partial charge in [-0.05, 0) is 29.5 Å². The van der Waals surface area contributed by atoms with Crippen molar-refractivity contribution in [3.63, 3.8) is 0 Å². The van der Waals surface area contributed by atoms with Crippen LogP contribution in [0.15, 0.2) is 18.2 Å². The van der Waals surface area contributed by atoms with Gasteiger partial charge in [0.25, 0.3) is 5.91 Å². The fourth-order valence-electron chi connectivity index (χ4n) is 1.54. The standard InChI is InChI=1S/C17H23FN2O/c1-12(2)17(3,4)11-20-16(21)14-10-13(6-5-9-19)7-8-15(14)18/h7-8,10,12H,9,11,19H2,1-4H3,(H,20,21). The first-order chi connectivity index (χ1) is 9.77. The van der Waals surface area contributed by atoms with Crippen LogP contribution in [0.25, 0.3) is 0 Å². The number of nitrogens with two attached hydrogens (primary N) is 1. The van der Waals surface area contributed by atoms with Gasteiger partial charge in [0.15, 0.2) is 0 Å². The first-order valence-corrected chi connectivity index (χ1v) is 7.04. The molecular formula is C17H23FN2O. The third-order valence-electron chi connectivity index (χ3n) is 3.81. The smallest absolute Gasteiger partial charge is 0.254 e. The van der Waals surface area contributed by atoms with Crippen LogP contribution in [0.4, 0.5) is 4.39 Å². The maximum absolute atomic E-state index is 13.8. The van der Waals surface area contributed by atoms with Crippen LogP contribution >= 0.6 is 0 Å². The van der Waals surface area contributed by atoms with E-state index in [0.717, 1.165) is 0 Å². The molecule has 0 heterocycles. The van der Waals surface area contributed by atoms with E-state index < -0.39 is 11.7 Å².